The lowest BCUT2D eigenvalue weighted by molar-refractivity contribution is -0.0809. The average molecular weight is 243 g/mol. The molecule has 3 heterocycles. The van der Waals surface area contributed by atoms with E-state index in [1.165, 1.54) is 0 Å². The maximum atomic E-state index is 11.2. The van der Waals surface area contributed by atoms with Crippen LogP contribution in [0.4, 0.5) is 0 Å². The molecule has 0 aromatic rings. The van der Waals surface area contributed by atoms with Crippen molar-refractivity contribution in [2.24, 2.45) is 5.41 Å². The van der Waals surface area contributed by atoms with Crippen LogP contribution in [0.1, 0.15) is 0 Å². The van der Waals surface area contributed by atoms with Crippen LogP contribution in [0.5, 0.6) is 0 Å². The van der Waals surface area contributed by atoms with Gasteiger partial charge in [-0.25, -0.2) is 4.57 Å². The van der Waals surface area contributed by atoms with E-state index in [-0.39, 0.29) is 5.41 Å². The first kappa shape index (κ1) is 8.20. The molecule has 6 heteroatoms. The summed E-state index contributed by atoms with van der Waals surface area (Å²) in [5.41, 5.74) is -0.119. The standard InChI is InChI=1S/C5H8BrO4P/c6-1-5-2-8-11(7,9-3-5)10-4-5/h1-4H2. The zero-order valence-electron chi connectivity index (χ0n) is 5.79. The van der Waals surface area contributed by atoms with Crippen LogP contribution in [-0.4, -0.2) is 25.2 Å². The largest absolute Gasteiger partial charge is 0.474 e. The molecule has 0 saturated carbocycles. The number of rotatable bonds is 1. The molecule has 0 atom stereocenters. The quantitative estimate of drug-likeness (QED) is 0.517. The Morgan fingerprint density at radius 2 is 1.73 bits per heavy atom. The fourth-order valence-electron chi connectivity index (χ4n) is 1.00. The topological polar surface area (TPSA) is 44.8 Å². The normalized spacial score (nSPS) is 49.5. The van der Waals surface area contributed by atoms with E-state index < -0.39 is 7.82 Å². The predicted octanol–water partition coefficient (Wildman–Crippen LogP) is 1.55. The highest BCUT2D eigenvalue weighted by Crippen LogP contribution is 2.60. The third kappa shape index (κ3) is 1.29. The number of alkyl halides is 1. The summed E-state index contributed by atoms with van der Waals surface area (Å²) in [7, 11) is -3.10. The van der Waals surface area contributed by atoms with Gasteiger partial charge in [-0.2, -0.15) is 0 Å². The second-order valence-corrected chi connectivity index (χ2v) is 5.13. The van der Waals surface area contributed by atoms with Gasteiger partial charge in [0, 0.05) is 5.33 Å². The molecule has 11 heavy (non-hydrogen) atoms. The lowest BCUT2D eigenvalue weighted by Gasteiger charge is -2.42. The summed E-state index contributed by atoms with van der Waals surface area (Å²) in [6.45, 7) is 1.40. The molecular weight excluding hydrogens is 235 g/mol. The smallest absolute Gasteiger partial charge is 0.286 e. The van der Waals surface area contributed by atoms with Crippen molar-refractivity contribution in [3.8, 4) is 0 Å². The van der Waals surface area contributed by atoms with Gasteiger partial charge in [0.15, 0.2) is 0 Å². The molecule has 2 bridgehead atoms. The van der Waals surface area contributed by atoms with E-state index in [2.05, 4.69) is 15.9 Å². The molecule has 0 N–H and O–H groups in total. The Labute approximate surface area is 72.9 Å². The molecule has 3 saturated heterocycles. The monoisotopic (exact) mass is 242 g/mol. The number of fused-ring (bicyclic) bond motifs is 3. The Balaban J connectivity index is 2.18. The summed E-state index contributed by atoms with van der Waals surface area (Å²) in [5.74, 6) is 0. The summed E-state index contributed by atoms with van der Waals surface area (Å²) >= 11 is 3.34. The summed E-state index contributed by atoms with van der Waals surface area (Å²) in [6, 6.07) is 0. The number of hydrogen-bond donors (Lipinski definition) is 0. The molecule has 0 aromatic carbocycles. The van der Waals surface area contributed by atoms with Crippen LogP contribution in [0.3, 0.4) is 0 Å². The summed E-state index contributed by atoms with van der Waals surface area (Å²) < 4.78 is 26.0. The molecule has 0 aromatic heterocycles. The van der Waals surface area contributed by atoms with Gasteiger partial charge in [0.2, 0.25) is 0 Å². The maximum Gasteiger partial charge on any atom is 0.474 e. The highest BCUT2D eigenvalue weighted by atomic mass is 79.9. The second kappa shape index (κ2) is 2.54. The zero-order valence-corrected chi connectivity index (χ0v) is 8.27. The van der Waals surface area contributed by atoms with Crippen LogP contribution in [0, 0.1) is 5.41 Å². The van der Waals surface area contributed by atoms with Crippen LogP contribution in [0.2, 0.25) is 0 Å². The van der Waals surface area contributed by atoms with E-state index in [0.29, 0.717) is 19.8 Å². The third-order valence-electron chi connectivity index (χ3n) is 1.87. The molecule has 0 unspecified atom stereocenters. The highest BCUT2D eigenvalue weighted by Gasteiger charge is 2.49. The molecule has 3 aliphatic heterocycles. The number of phosphoric acid groups is 1. The molecule has 0 radical (unpaired) electrons. The van der Waals surface area contributed by atoms with Crippen LogP contribution < -0.4 is 0 Å². The van der Waals surface area contributed by atoms with Gasteiger partial charge in [0.25, 0.3) is 0 Å². The van der Waals surface area contributed by atoms with Crippen LogP contribution in [0.15, 0.2) is 0 Å². The number of hydrogen-bond acceptors (Lipinski definition) is 4. The van der Waals surface area contributed by atoms with Crippen LogP contribution in [0.25, 0.3) is 0 Å². The van der Waals surface area contributed by atoms with Gasteiger partial charge in [-0.15, -0.1) is 0 Å². The van der Waals surface area contributed by atoms with Crippen molar-refractivity contribution >= 4 is 23.8 Å². The molecule has 3 fully saturated rings. The van der Waals surface area contributed by atoms with Crippen LogP contribution >= 0.6 is 23.8 Å². The van der Waals surface area contributed by atoms with E-state index in [1.807, 2.05) is 0 Å². The first-order chi connectivity index (χ1) is 5.18. The van der Waals surface area contributed by atoms with E-state index >= 15 is 0 Å². The zero-order chi connectivity index (χ0) is 7.95. The van der Waals surface area contributed by atoms with Crippen molar-refractivity contribution in [2.45, 2.75) is 0 Å². The molecule has 4 nitrogen and oxygen atoms in total. The Bertz CT molecular complexity index is 187. The molecule has 0 spiro atoms. The Kier molecular flexibility index (Phi) is 1.89. The van der Waals surface area contributed by atoms with Crippen molar-refractivity contribution in [3.63, 3.8) is 0 Å². The minimum Gasteiger partial charge on any atom is -0.286 e. The molecule has 0 aliphatic carbocycles. The second-order valence-electron chi connectivity index (χ2n) is 2.90. The van der Waals surface area contributed by atoms with Gasteiger partial charge >= 0.3 is 7.82 Å². The van der Waals surface area contributed by atoms with Crippen molar-refractivity contribution in [1.82, 2.24) is 0 Å². The third-order valence-corrected chi connectivity index (χ3v) is 4.40. The van der Waals surface area contributed by atoms with Crippen molar-refractivity contribution in [3.05, 3.63) is 0 Å². The molecule has 3 aliphatic rings. The predicted molar refractivity (Wildman–Crippen MR) is 41.7 cm³/mol. The van der Waals surface area contributed by atoms with Crippen molar-refractivity contribution in [1.29, 1.82) is 0 Å². The fraction of sp³-hybridized carbons (Fsp3) is 1.00. The van der Waals surface area contributed by atoms with Crippen LogP contribution in [-0.2, 0) is 18.1 Å². The number of phosphoric ester groups is 1. The van der Waals surface area contributed by atoms with E-state index in [1.54, 1.807) is 0 Å². The number of halogens is 1. The fourth-order valence-corrected chi connectivity index (χ4v) is 3.01. The molecule has 3 rings (SSSR count). The Morgan fingerprint density at radius 3 is 2.09 bits per heavy atom. The first-order valence-electron chi connectivity index (χ1n) is 3.28. The Hall–Kier alpha value is 0.590. The van der Waals surface area contributed by atoms with E-state index in [9.17, 15) is 4.57 Å². The minimum atomic E-state index is -3.10. The van der Waals surface area contributed by atoms with Gasteiger partial charge in [-0.05, 0) is 0 Å². The lowest BCUT2D eigenvalue weighted by atomic mass is 9.94. The Morgan fingerprint density at radius 1 is 1.27 bits per heavy atom. The highest BCUT2D eigenvalue weighted by molar-refractivity contribution is 9.09. The molecular formula is C5H8BrO4P. The average Bonchev–Trinajstić information content (AvgIpc) is 2.07. The molecule has 64 valence electrons. The summed E-state index contributed by atoms with van der Waals surface area (Å²) in [6.07, 6.45) is 0. The van der Waals surface area contributed by atoms with Gasteiger partial charge < -0.3 is 0 Å². The van der Waals surface area contributed by atoms with Crippen molar-refractivity contribution in [2.75, 3.05) is 25.2 Å². The van der Waals surface area contributed by atoms with E-state index in [4.69, 9.17) is 13.6 Å². The lowest BCUT2D eigenvalue weighted by Crippen LogP contribution is -2.45. The van der Waals surface area contributed by atoms with Crippen molar-refractivity contribution < 1.29 is 18.1 Å². The minimum absolute atomic E-state index is 0.119. The summed E-state index contributed by atoms with van der Waals surface area (Å²) in [5, 5.41) is 0.750. The van der Waals surface area contributed by atoms with E-state index in [0.717, 1.165) is 5.33 Å². The maximum absolute atomic E-state index is 11.2. The van der Waals surface area contributed by atoms with Gasteiger partial charge in [0.1, 0.15) is 0 Å². The van der Waals surface area contributed by atoms with Gasteiger partial charge in [-0.3, -0.25) is 13.6 Å². The van der Waals surface area contributed by atoms with Gasteiger partial charge in [0.05, 0.1) is 25.2 Å². The molecule has 0 amide bonds. The summed E-state index contributed by atoms with van der Waals surface area (Å²) in [4.78, 5) is 0. The first-order valence-corrected chi connectivity index (χ1v) is 5.86. The SMILES string of the molecule is O=P12OCC(CBr)(CO1)CO2. The van der Waals surface area contributed by atoms with Gasteiger partial charge in [-0.1, -0.05) is 15.9 Å².